The van der Waals surface area contributed by atoms with Crippen LogP contribution in [0.1, 0.15) is 28.6 Å². The molecule has 1 atom stereocenters. The highest BCUT2D eigenvalue weighted by atomic mass is 16.5. The van der Waals surface area contributed by atoms with E-state index in [9.17, 15) is 0 Å². The number of aromatic nitrogens is 2. The number of aryl methyl sites for hydroxylation is 2. The average Bonchev–Trinajstić information content (AvgIpc) is 2.51. The number of nitrogens with zero attached hydrogens (tertiary/aromatic N) is 2. The fourth-order valence-electron chi connectivity index (χ4n) is 2.36. The van der Waals surface area contributed by atoms with Crippen molar-refractivity contribution in [3.8, 4) is 11.5 Å². The number of hydrogen-bond acceptors (Lipinski definition) is 5. The van der Waals surface area contributed by atoms with Crippen LogP contribution >= 0.6 is 0 Å². The van der Waals surface area contributed by atoms with Gasteiger partial charge in [-0.2, -0.15) is 10.2 Å². The second kappa shape index (κ2) is 6.54. The normalized spacial score (nSPS) is 12.0. The van der Waals surface area contributed by atoms with Crippen LogP contribution in [0.15, 0.2) is 24.3 Å². The number of hydrogen-bond donors (Lipinski definition) is 1. The molecule has 1 aromatic carbocycles. The molecule has 2 aromatic rings. The van der Waals surface area contributed by atoms with Crippen molar-refractivity contribution >= 4 is 0 Å². The van der Waals surface area contributed by atoms with E-state index >= 15 is 0 Å². The van der Waals surface area contributed by atoms with Gasteiger partial charge in [0.05, 0.1) is 31.6 Å². The summed E-state index contributed by atoms with van der Waals surface area (Å²) in [6, 6.07) is 7.91. The maximum absolute atomic E-state index is 5.35. The van der Waals surface area contributed by atoms with Crippen molar-refractivity contribution in [2.45, 2.75) is 19.9 Å². The summed E-state index contributed by atoms with van der Waals surface area (Å²) in [5, 5.41) is 11.6. The van der Waals surface area contributed by atoms with Crippen LogP contribution in [0.25, 0.3) is 0 Å². The van der Waals surface area contributed by atoms with E-state index < -0.39 is 0 Å². The summed E-state index contributed by atoms with van der Waals surface area (Å²) < 4.78 is 10.7. The van der Waals surface area contributed by atoms with Crippen molar-refractivity contribution in [2.75, 3.05) is 21.3 Å². The van der Waals surface area contributed by atoms with Crippen LogP contribution in [0.5, 0.6) is 11.5 Å². The van der Waals surface area contributed by atoms with E-state index in [0.717, 1.165) is 34.0 Å². The molecule has 21 heavy (non-hydrogen) atoms. The number of ether oxygens (including phenoxy) is 2. The largest absolute Gasteiger partial charge is 0.497 e. The molecule has 5 heteroatoms. The van der Waals surface area contributed by atoms with Gasteiger partial charge in [0, 0.05) is 6.07 Å². The maximum atomic E-state index is 5.35. The van der Waals surface area contributed by atoms with Gasteiger partial charge < -0.3 is 14.8 Å². The molecule has 112 valence electrons. The second-order valence-electron chi connectivity index (χ2n) is 4.89. The molecule has 2 rings (SSSR count). The van der Waals surface area contributed by atoms with E-state index in [1.54, 1.807) is 14.2 Å². The molecule has 0 aliphatic rings. The Kier molecular flexibility index (Phi) is 4.75. The fraction of sp³-hybridized carbons (Fsp3) is 0.375. The molecule has 0 spiro atoms. The van der Waals surface area contributed by atoms with Gasteiger partial charge in [0.2, 0.25) is 0 Å². The molecule has 5 nitrogen and oxygen atoms in total. The molecule has 1 N–H and O–H groups in total. The molecule has 0 saturated carbocycles. The highest BCUT2D eigenvalue weighted by Crippen LogP contribution is 2.30. The maximum Gasteiger partial charge on any atom is 0.122 e. The van der Waals surface area contributed by atoms with Crippen LogP contribution in [0, 0.1) is 13.8 Å². The van der Waals surface area contributed by atoms with Crippen molar-refractivity contribution in [1.29, 1.82) is 0 Å². The van der Waals surface area contributed by atoms with Gasteiger partial charge in [0.25, 0.3) is 0 Å². The number of methoxy groups -OCH3 is 2. The zero-order valence-corrected chi connectivity index (χ0v) is 13.1. The molecule has 1 aromatic heterocycles. The quantitative estimate of drug-likeness (QED) is 0.915. The summed E-state index contributed by atoms with van der Waals surface area (Å²) in [7, 11) is 5.22. The minimum atomic E-state index is 0.00296. The van der Waals surface area contributed by atoms with E-state index in [1.807, 2.05) is 39.1 Å². The Balaban J connectivity index is 2.52. The lowest BCUT2D eigenvalue weighted by Gasteiger charge is -2.20. The first kappa shape index (κ1) is 15.3. The van der Waals surface area contributed by atoms with Gasteiger partial charge in [-0.1, -0.05) is 0 Å². The molecule has 0 amide bonds. The Hall–Kier alpha value is -2.14. The molecular weight excluding hydrogens is 266 g/mol. The molecule has 1 heterocycles. The molecule has 0 saturated heterocycles. The first-order chi connectivity index (χ1) is 10.1. The third-order valence-electron chi connectivity index (χ3n) is 3.45. The summed E-state index contributed by atoms with van der Waals surface area (Å²) in [6.07, 6.45) is 0. The predicted octanol–water partition coefficient (Wildman–Crippen LogP) is 2.42. The first-order valence-electron chi connectivity index (χ1n) is 6.80. The fourth-order valence-corrected chi connectivity index (χ4v) is 2.36. The molecule has 0 aliphatic carbocycles. The Morgan fingerprint density at radius 1 is 0.952 bits per heavy atom. The summed E-state index contributed by atoms with van der Waals surface area (Å²) in [5.74, 6) is 1.53. The Morgan fingerprint density at radius 3 is 2.10 bits per heavy atom. The van der Waals surface area contributed by atoms with Crippen LogP contribution < -0.4 is 14.8 Å². The second-order valence-corrected chi connectivity index (χ2v) is 4.89. The van der Waals surface area contributed by atoms with Crippen molar-refractivity contribution in [3.63, 3.8) is 0 Å². The van der Waals surface area contributed by atoms with Crippen molar-refractivity contribution in [1.82, 2.24) is 15.5 Å². The average molecular weight is 287 g/mol. The summed E-state index contributed by atoms with van der Waals surface area (Å²) in [4.78, 5) is 0. The van der Waals surface area contributed by atoms with Gasteiger partial charge in [-0.15, -0.1) is 0 Å². The van der Waals surface area contributed by atoms with Crippen LogP contribution in [0.4, 0.5) is 0 Å². The minimum absolute atomic E-state index is 0.00296. The molecule has 0 bridgehead atoms. The standard InChI is InChI=1S/C16H21N3O2/c1-10-6-15(11(2)19-18-10)16(17-3)12-7-13(20-4)9-14(8-12)21-5/h6-9,16-17H,1-5H3. The lowest BCUT2D eigenvalue weighted by atomic mass is 9.97. The van der Waals surface area contributed by atoms with E-state index in [1.165, 1.54) is 0 Å². The van der Waals surface area contributed by atoms with Crippen LogP contribution in [0.2, 0.25) is 0 Å². The summed E-state index contributed by atoms with van der Waals surface area (Å²) in [5.41, 5.74) is 3.96. The van der Waals surface area contributed by atoms with Crippen LogP contribution in [0.3, 0.4) is 0 Å². The van der Waals surface area contributed by atoms with Gasteiger partial charge in [0.15, 0.2) is 0 Å². The van der Waals surface area contributed by atoms with Crippen molar-refractivity contribution in [3.05, 3.63) is 46.8 Å². The number of rotatable bonds is 5. The van der Waals surface area contributed by atoms with Gasteiger partial charge in [-0.05, 0) is 50.2 Å². The molecule has 0 fully saturated rings. The topological polar surface area (TPSA) is 56.3 Å². The lowest BCUT2D eigenvalue weighted by Crippen LogP contribution is -2.20. The van der Waals surface area contributed by atoms with Crippen molar-refractivity contribution in [2.24, 2.45) is 0 Å². The molecular formula is C16H21N3O2. The molecule has 0 radical (unpaired) electrons. The van der Waals surface area contributed by atoms with Crippen molar-refractivity contribution < 1.29 is 9.47 Å². The Morgan fingerprint density at radius 2 is 1.57 bits per heavy atom. The third kappa shape index (κ3) is 3.31. The Labute approximate surface area is 125 Å². The Bertz CT molecular complexity index is 607. The van der Waals surface area contributed by atoms with E-state index in [0.29, 0.717) is 0 Å². The van der Waals surface area contributed by atoms with Gasteiger partial charge >= 0.3 is 0 Å². The van der Waals surface area contributed by atoms with E-state index in [4.69, 9.17) is 9.47 Å². The zero-order valence-electron chi connectivity index (χ0n) is 13.1. The van der Waals surface area contributed by atoms with Gasteiger partial charge in [-0.3, -0.25) is 0 Å². The van der Waals surface area contributed by atoms with E-state index in [2.05, 4.69) is 21.6 Å². The SMILES string of the molecule is CNC(c1cc(OC)cc(OC)c1)c1cc(C)nnc1C. The number of benzene rings is 1. The predicted molar refractivity (Wildman–Crippen MR) is 82.0 cm³/mol. The van der Waals surface area contributed by atoms with Crippen LogP contribution in [-0.2, 0) is 0 Å². The number of nitrogens with one attached hydrogen (secondary N) is 1. The first-order valence-corrected chi connectivity index (χ1v) is 6.80. The third-order valence-corrected chi connectivity index (χ3v) is 3.45. The summed E-state index contributed by atoms with van der Waals surface area (Å²) >= 11 is 0. The van der Waals surface area contributed by atoms with E-state index in [-0.39, 0.29) is 6.04 Å². The van der Waals surface area contributed by atoms with Crippen LogP contribution in [-0.4, -0.2) is 31.5 Å². The minimum Gasteiger partial charge on any atom is -0.497 e. The summed E-state index contributed by atoms with van der Waals surface area (Å²) in [6.45, 7) is 3.90. The lowest BCUT2D eigenvalue weighted by molar-refractivity contribution is 0.392. The van der Waals surface area contributed by atoms with Gasteiger partial charge in [0.1, 0.15) is 11.5 Å². The molecule has 1 unspecified atom stereocenters. The highest BCUT2D eigenvalue weighted by Gasteiger charge is 2.17. The smallest absolute Gasteiger partial charge is 0.122 e. The van der Waals surface area contributed by atoms with Gasteiger partial charge in [-0.25, -0.2) is 0 Å². The zero-order chi connectivity index (χ0) is 15.4. The monoisotopic (exact) mass is 287 g/mol. The highest BCUT2D eigenvalue weighted by molar-refractivity contribution is 5.43. The molecule has 0 aliphatic heterocycles.